The maximum atomic E-state index is 5.82. The fraction of sp³-hybridized carbons (Fsp3) is 0.400. The highest BCUT2D eigenvalue weighted by atomic mass is 16.5. The molecule has 1 N–H and O–H groups in total. The quantitative estimate of drug-likeness (QED) is 0.585. The molecule has 1 aromatic rings. The van der Waals surface area contributed by atoms with Gasteiger partial charge < -0.3 is 10.1 Å². The first-order valence-electron chi connectivity index (χ1n) is 5.09. The van der Waals surface area contributed by atoms with Crippen molar-refractivity contribution in [2.24, 2.45) is 0 Å². The van der Waals surface area contributed by atoms with Crippen LogP contribution >= 0.6 is 0 Å². The summed E-state index contributed by atoms with van der Waals surface area (Å²) in [5, 5.41) is 3.60. The van der Waals surface area contributed by atoms with Crippen LogP contribution in [0.2, 0.25) is 0 Å². The van der Waals surface area contributed by atoms with Gasteiger partial charge in [-0.25, -0.2) is 0 Å². The molecule has 0 radical (unpaired) electrons. The van der Waals surface area contributed by atoms with Crippen LogP contribution in [-0.4, -0.2) is 34.2 Å². The smallest absolute Gasteiger partial charge is 0.119 e. The molecule has 1 atom stereocenters. The molecule has 0 amide bonds. The van der Waals surface area contributed by atoms with Crippen molar-refractivity contribution >= 4 is 15.7 Å². The third-order valence-electron chi connectivity index (χ3n) is 2.58. The summed E-state index contributed by atoms with van der Waals surface area (Å²) in [6, 6.07) is 10.4. The standard InChI is InChI=1S/C10H15B2NO/c11-10(12)7-14-9(6-13-10)8-4-2-1-3-5-8/h1-5,9,13H,6-7,11-12H2. The number of nitrogens with one attached hydrogen (secondary N) is 1. The zero-order valence-electron chi connectivity index (χ0n) is 8.79. The van der Waals surface area contributed by atoms with Gasteiger partial charge in [-0.1, -0.05) is 30.3 Å². The monoisotopic (exact) mass is 187 g/mol. The Hall–Kier alpha value is -0.730. The summed E-state index contributed by atoms with van der Waals surface area (Å²) >= 11 is 0. The summed E-state index contributed by atoms with van der Waals surface area (Å²) < 4.78 is 5.82. The van der Waals surface area contributed by atoms with E-state index in [9.17, 15) is 0 Å². The lowest BCUT2D eigenvalue weighted by Crippen LogP contribution is -2.56. The van der Waals surface area contributed by atoms with E-state index >= 15 is 0 Å². The van der Waals surface area contributed by atoms with Gasteiger partial charge in [-0.3, -0.25) is 0 Å². The molecule has 1 aromatic carbocycles. The van der Waals surface area contributed by atoms with E-state index < -0.39 is 0 Å². The summed E-state index contributed by atoms with van der Waals surface area (Å²) in [4.78, 5) is 0. The Labute approximate surface area is 86.9 Å². The lowest BCUT2D eigenvalue weighted by Gasteiger charge is -2.36. The second-order valence-electron chi connectivity index (χ2n) is 4.48. The van der Waals surface area contributed by atoms with E-state index in [2.05, 4.69) is 45.3 Å². The molecule has 14 heavy (non-hydrogen) atoms. The number of benzene rings is 1. The molecule has 0 spiro atoms. The number of hydrogen-bond donors (Lipinski definition) is 1. The predicted octanol–water partition coefficient (Wildman–Crippen LogP) is -0.733. The highest BCUT2D eigenvalue weighted by Gasteiger charge is 2.27. The number of rotatable bonds is 1. The zero-order valence-corrected chi connectivity index (χ0v) is 8.79. The summed E-state index contributed by atoms with van der Waals surface area (Å²) in [5.74, 6) is 0. The summed E-state index contributed by atoms with van der Waals surface area (Å²) in [6.07, 6.45) is 0.212. The fourth-order valence-electron chi connectivity index (χ4n) is 1.67. The van der Waals surface area contributed by atoms with E-state index in [4.69, 9.17) is 4.74 Å². The number of ether oxygens (including phenoxy) is 1. The molecule has 0 bridgehead atoms. The van der Waals surface area contributed by atoms with Gasteiger partial charge in [-0.05, 0) is 10.9 Å². The molecule has 0 aliphatic carbocycles. The largest absolute Gasteiger partial charge is 0.372 e. The Morgan fingerprint density at radius 1 is 1.29 bits per heavy atom. The molecular weight excluding hydrogens is 172 g/mol. The minimum Gasteiger partial charge on any atom is -0.372 e. The van der Waals surface area contributed by atoms with Crippen LogP contribution in [-0.2, 0) is 4.74 Å². The highest BCUT2D eigenvalue weighted by molar-refractivity contribution is 6.40. The Kier molecular flexibility index (Phi) is 2.66. The molecule has 1 aliphatic heterocycles. The molecule has 2 rings (SSSR count). The Balaban J connectivity index is 2.03. The fourth-order valence-corrected chi connectivity index (χ4v) is 1.67. The van der Waals surface area contributed by atoms with Gasteiger partial charge in [-0.15, -0.1) is 0 Å². The maximum Gasteiger partial charge on any atom is 0.119 e. The van der Waals surface area contributed by atoms with Crippen LogP contribution in [0.15, 0.2) is 30.3 Å². The molecule has 1 aliphatic rings. The molecule has 1 fully saturated rings. The van der Waals surface area contributed by atoms with Crippen molar-refractivity contribution in [2.75, 3.05) is 13.2 Å². The highest BCUT2D eigenvalue weighted by Crippen LogP contribution is 2.20. The van der Waals surface area contributed by atoms with Gasteiger partial charge in [0, 0.05) is 6.54 Å². The molecule has 72 valence electrons. The van der Waals surface area contributed by atoms with Crippen LogP contribution in [0.1, 0.15) is 11.7 Å². The van der Waals surface area contributed by atoms with Gasteiger partial charge in [0.2, 0.25) is 0 Å². The van der Waals surface area contributed by atoms with Gasteiger partial charge in [0.15, 0.2) is 0 Å². The Morgan fingerprint density at radius 2 is 2.00 bits per heavy atom. The van der Waals surface area contributed by atoms with Crippen molar-refractivity contribution < 1.29 is 4.74 Å². The maximum absolute atomic E-state index is 5.82. The molecule has 0 saturated carbocycles. The molecule has 1 saturated heterocycles. The molecular formula is C10H15B2NO. The van der Waals surface area contributed by atoms with Crippen LogP contribution in [0.4, 0.5) is 0 Å². The van der Waals surface area contributed by atoms with Gasteiger partial charge in [0.25, 0.3) is 0 Å². The number of hydrogen-bond acceptors (Lipinski definition) is 2. The predicted molar refractivity (Wildman–Crippen MR) is 63.0 cm³/mol. The van der Waals surface area contributed by atoms with Crippen LogP contribution < -0.4 is 5.32 Å². The first-order chi connectivity index (χ1) is 6.67. The first kappa shape index (κ1) is 9.81. The summed E-state index contributed by atoms with van der Waals surface area (Å²) in [5.41, 5.74) is 1.26. The van der Waals surface area contributed by atoms with Crippen LogP contribution in [0.3, 0.4) is 0 Å². The van der Waals surface area contributed by atoms with Gasteiger partial charge in [-0.2, -0.15) is 0 Å². The van der Waals surface area contributed by atoms with E-state index in [1.165, 1.54) is 5.56 Å². The van der Waals surface area contributed by atoms with E-state index in [0.29, 0.717) is 0 Å². The van der Waals surface area contributed by atoms with E-state index in [1.807, 2.05) is 6.07 Å². The van der Waals surface area contributed by atoms with Gasteiger partial charge >= 0.3 is 0 Å². The van der Waals surface area contributed by atoms with Gasteiger partial charge in [0.1, 0.15) is 15.7 Å². The first-order valence-corrected chi connectivity index (χ1v) is 5.09. The van der Waals surface area contributed by atoms with Crippen molar-refractivity contribution in [1.82, 2.24) is 5.32 Å². The van der Waals surface area contributed by atoms with E-state index in [1.54, 1.807) is 0 Å². The third-order valence-corrected chi connectivity index (χ3v) is 2.58. The zero-order chi connectivity index (χ0) is 10.0. The summed E-state index contributed by atoms with van der Waals surface area (Å²) in [7, 11) is 4.32. The third kappa shape index (κ3) is 2.20. The molecule has 0 aromatic heterocycles. The van der Waals surface area contributed by atoms with Crippen molar-refractivity contribution in [1.29, 1.82) is 0 Å². The van der Waals surface area contributed by atoms with Gasteiger partial charge in [0.05, 0.1) is 12.7 Å². The second kappa shape index (κ2) is 3.79. The van der Waals surface area contributed by atoms with Crippen LogP contribution in [0.5, 0.6) is 0 Å². The van der Waals surface area contributed by atoms with Crippen LogP contribution in [0.25, 0.3) is 0 Å². The Bertz CT molecular complexity index is 292. The van der Waals surface area contributed by atoms with Crippen molar-refractivity contribution in [3.8, 4) is 0 Å². The topological polar surface area (TPSA) is 21.3 Å². The normalized spacial score (nSPS) is 25.9. The lowest BCUT2D eigenvalue weighted by molar-refractivity contribution is 0.0100. The lowest BCUT2D eigenvalue weighted by atomic mass is 9.62. The molecule has 2 nitrogen and oxygen atoms in total. The molecule has 1 unspecified atom stereocenters. The minimum atomic E-state index is 0.116. The SMILES string of the molecule is BC1(B)COC(c2ccccc2)CN1. The molecule has 4 heteroatoms. The van der Waals surface area contributed by atoms with Crippen molar-refractivity contribution in [3.05, 3.63) is 35.9 Å². The van der Waals surface area contributed by atoms with Crippen molar-refractivity contribution in [3.63, 3.8) is 0 Å². The summed E-state index contributed by atoms with van der Waals surface area (Å²) in [6.45, 7) is 1.67. The van der Waals surface area contributed by atoms with Crippen molar-refractivity contribution in [2.45, 2.75) is 11.4 Å². The second-order valence-corrected chi connectivity index (χ2v) is 4.48. The number of morpholine rings is 1. The van der Waals surface area contributed by atoms with Crippen LogP contribution in [0, 0.1) is 0 Å². The van der Waals surface area contributed by atoms with E-state index in [0.717, 1.165) is 13.2 Å². The average molecular weight is 187 g/mol. The average Bonchev–Trinajstić information content (AvgIpc) is 2.19. The minimum absolute atomic E-state index is 0.116. The molecule has 1 heterocycles. The Morgan fingerprint density at radius 3 is 2.57 bits per heavy atom. The van der Waals surface area contributed by atoms with E-state index in [-0.39, 0.29) is 11.4 Å².